The Balaban J connectivity index is 0. The average molecular weight is 269 g/mol. The maximum Gasteiger partial charge on any atom is 2.00 e. The smallest absolute Gasteiger partial charge is 2.00 e. The van der Waals surface area contributed by atoms with Gasteiger partial charge in [-0.25, -0.2) is 0 Å². The van der Waals surface area contributed by atoms with Crippen LogP contribution < -0.4 is 0 Å². The first-order chi connectivity index (χ1) is 0. The minimum absolute atomic E-state index is 0. The first-order valence-electron chi connectivity index (χ1n) is 0. The van der Waals surface area contributed by atoms with E-state index in [1.165, 1.54) is 0 Å². The van der Waals surface area contributed by atoms with Crippen molar-refractivity contribution in [1.82, 2.24) is 0 Å². The van der Waals surface area contributed by atoms with E-state index in [0.29, 0.717) is 0 Å². The van der Waals surface area contributed by atoms with Gasteiger partial charge in [-0.3, -0.25) is 0 Å². The fourth-order valence-electron chi connectivity index (χ4n) is 0. The molecule has 0 saturated carbocycles. The molecule has 0 unspecified atom stereocenters. The molecule has 0 N–H and O–H groups in total. The van der Waals surface area contributed by atoms with E-state index in [1.54, 1.807) is 0 Å². The van der Waals surface area contributed by atoms with Gasteiger partial charge in [0, 0.05) is 0 Å². The molecule has 0 amide bonds. The second kappa shape index (κ2) is 24.3. The molecule has 0 aromatic heterocycles. The summed E-state index contributed by atoms with van der Waals surface area (Å²) in [6.07, 6.45) is 0. The largest absolute Gasteiger partial charge is 2.00 e. The van der Waals surface area contributed by atoms with Crippen LogP contribution in [0.25, 0.3) is 0 Å². The minimum atomic E-state index is 0. The van der Waals surface area contributed by atoms with Crippen LogP contribution in [0.4, 0.5) is 0 Å². The molecule has 0 aromatic rings. The summed E-state index contributed by atoms with van der Waals surface area (Å²) < 4.78 is 0. The third-order valence-electron chi connectivity index (χ3n) is 0. The van der Waals surface area contributed by atoms with E-state index in [4.69, 9.17) is 0 Å². The van der Waals surface area contributed by atoms with Crippen molar-refractivity contribution in [2.24, 2.45) is 0 Å². The van der Waals surface area contributed by atoms with E-state index in [0.717, 1.165) is 0 Å². The van der Waals surface area contributed by atoms with Gasteiger partial charge in [0.15, 0.2) is 0 Å². The van der Waals surface area contributed by atoms with E-state index in [1.807, 2.05) is 0 Å². The summed E-state index contributed by atoms with van der Waals surface area (Å²) in [4.78, 5) is 0. The average Bonchev–Trinajstić information content (AvgIpc) is 0. The van der Waals surface area contributed by atoms with Gasteiger partial charge in [-0.1, -0.05) is 0 Å². The van der Waals surface area contributed by atoms with Gasteiger partial charge in [-0.05, 0) is 0 Å². The summed E-state index contributed by atoms with van der Waals surface area (Å²) >= 11 is 0. The van der Waals surface area contributed by atoms with Crippen molar-refractivity contribution >= 4 is 47.8 Å². The predicted molar refractivity (Wildman–Crippen MR) is 12.9 cm³/mol. The zero-order valence-electron chi connectivity index (χ0n) is 1.82. The monoisotopic (exact) mass is 272 g/mol. The number of rotatable bonds is 0. The second-order valence-corrected chi connectivity index (χ2v) is 0. The zero-order valence-corrected chi connectivity index (χ0v) is 7.52. The van der Waals surface area contributed by atoms with Crippen molar-refractivity contribution in [3.63, 3.8) is 0 Å². The molecule has 0 spiro atoms. The fraction of sp³-hybridized carbons (Fsp3) is 0. The topological polar surface area (TPSA) is 57.0 Å². The Hall–Kier alpha value is 1.52. The standard InChI is InChI=1S/2O.2Sn/q2*-2;2*+2. The summed E-state index contributed by atoms with van der Waals surface area (Å²) in [6.45, 7) is 0. The van der Waals surface area contributed by atoms with Crippen molar-refractivity contribution < 1.29 is 11.0 Å². The Morgan fingerprint density at radius 2 is 0.500 bits per heavy atom. The molecule has 0 heterocycles. The van der Waals surface area contributed by atoms with Gasteiger partial charge in [-0.15, -0.1) is 0 Å². The molecule has 4 heavy (non-hydrogen) atoms. The Bertz CT molecular complexity index is 4.00. The molecule has 0 aliphatic heterocycles. The van der Waals surface area contributed by atoms with Crippen LogP contribution in [-0.4, -0.2) is 47.8 Å². The molecule has 4 radical (unpaired) electrons. The molecule has 0 atom stereocenters. The van der Waals surface area contributed by atoms with Crippen molar-refractivity contribution in [3.8, 4) is 0 Å². The molecule has 0 bridgehead atoms. The first kappa shape index (κ1) is 48.9. The molecular formula is O2Sn2. The maximum absolute atomic E-state index is 0. The van der Waals surface area contributed by atoms with Crippen LogP contribution >= 0.6 is 0 Å². The van der Waals surface area contributed by atoms with Crippen LogP contribution in [0, 0.1) is 0 Å². The van der Waals surface area contributed by atoms with E-state index in [-0.39, 0.29) is 58.8 Å². The summed E-state index contributed by atoms with van der Waals surface area (Å²) in [7, 11) is 0. The third-order valence-corrected chi connectivity index (χ3v) is 0. The van der Waals surface area contributed by atoms with Crippen molar-refractivity contribution in [2.75, 3.05) is 0 Å². The Morgan fingerprint density at radius 3 is 0.500 bits per heavy atom. The molecule has 0 rings (SSSR count). The van der Waals surface area contributed by atoms with Gasteiger partial charge < -0.3 is 11.0 Å². The fourth-order valence-corrected chi connectivity index (χ4v) is 0. The van der Waals surface area contributed by atoms with Gasteiger partial charge in [0.1, 0.15) is 0 Å². The zero-order chi connectivity index (χ0) is 0. The van der Waals surface area contributed by atoms with E-state index < -0.39 is 0 Å². The molecule has 0 aromatic carbocycles. The number of hydrogen-bond donors (Lipinski definition) is 0. The summed E-state index contributed by atoms with van der Waals surface area (Å²) in [6, 6.07) is 0. The molecule has 0 aliphatic carbocycles. The molecular weight excluding hydrogens is 269 g/mol. The summed E-state index contributed by atoms with van der Waals surface area (Å²) in [5.74, 6) is 0. The molecule has 0 saturated heterocycles. The third kappa shape index (κ3) is 9.68. The van der Waals surface area contributed by atoms with E-state index >= 15 is 0 Å². The van der Waals surface area contributed by atoms with Gasteiger partial charge >= 0.3 is 47.8 Å². The predicted octanol–water partition coefficient (Wildman–Crippen LogP) is -0.999. The van der Waals surface area contributed by atoms with Crippen LogP contribution in [0.1, 0.15) is 0 Å². The van der Waals surface area contributed by atoms with Crippen LogP contribution in [0.5, 0.6) is 0 Å². The normalized spacial score (nSPS) is 0. The van der Waals surface area contributed by atoms with Gasteiger partial charge in [-0.2, -0.15) is 0 Å². The molecule has 0 fully saturated rings. The second-order valence-electron chi connectivity index (χ2n) is 0. The summed E-state index contributed by atoms with van der Waals surface area (Å²) in [5, 5.41) is 0. The molecule has 2 nitrogen and oxygen atoms in total. The Labute approximate surface area is 58.5 Å². The van der Waals surface area contributed by atoms with Gasteiger partial charge in [0.25, 0.3) is 0 Å². The molecule has 0 aliphatic rings. The number of hydrogen-bond acceptors (Lipinski definition) is 0. The van der Waals surface area contributed by atoms with Crippen LogP contribution in [0.2, 0.25) is 0 Å². The van der Waals surface area contributed by atoms with Crippen molar-refractivity contribution in [1.29, 1.82) is 0 Å². The molecule has 20 valence electrons. The molecule has 4 heteroatoms. The van der Waals surface area contributed by atoms with Crippen LogP contribution in [-0.2, 0) is 11.0 Å². The quantitative estimate of drug-likeness (QED) is 0.507. The van der Waals surface area contributed by atoms with Crippen LogP contribution in [0.3, 0.4) is 0 Å². The van der Waals surface area contributed by atoms with E-state index in [9.17, 15) is 0 Å². The SMILES string of the molecule is [O-2].[O-2].[Sn+2].[Sn+2]. The Kier molecular flexibility index (Phi) is 297. The maximum atomic E-state index is 0. The van der Waals surface area contributed by atoms with E-state index in [2.05, 4.69) is 0 Å². The van der Waals surface area contributed by atoms with Crippen molar-refractivity contribution in [3.05, 3.63) is 0 Å². The summed E-state index contributed by atoms with van der Waals surface area (Å²) in [5.41, 5.74) is 0. The van der Waals surface area contributed by atoms with Crippen molar-refractivity contribution in [2.45, 2.75) is 0 Å². The van der Waals surface area contributed by atoms with Crippen LogP contribution in [0.15, 0.2) is 0 Å². The minimum Gasteiger partial charge on any atom is -2.00 e. The first-order valence-corrected chi connectivity index (χ1v) is 0. The van der Waals surface area contributed by atoms with Gasteiger partial charge in [0.05, 0.1) is 0 Å². The Morgan fingerprint density at radius 1 is 0.500 bits per heavy atom. The van der Waals surface area contributed by atoms with Gasteiger partial charge in [0.2, 0.25) is 0 Å².